The average Bonchev–Trinajstić information content (AvgIpc) is 3.42. The monoisotopic (exact) mass is 576 g/mol. The first-order chi connectivity index (χ1) is 19.1. The van der Waals surface area contributed by atoms with Gasteiger partial charge in [0.2, 0.25) is 10.0 Å². The molecule has 11 heteroatoms. The third kappa shape index (κ3) is 6.95. The van der Waals surface area contributed by atoms with Crippen LogP contribution in [0.5, 0.6) is 5.75 Å². The standard InChI is InChI=1S/C29H40N2O8S/c1-20(2)16-30(40(35,36)23-11-9-22(37-3)10-12-23)17-27(32)26(15-21-7-5-4-6-8-21)31(29(33)34)25-13-14-39-28-19-38-18-24(25)28/h4-12,20,24-28,32H,13-19H2,1-3H3,(H,33,34)/t24-,25+,26+,27+,28+/m1/s1. The van der Waals surface area contributed by atoms with E-state index in [1.54, 1.807) is 12.1 Å². The molecular weight excluding hydrogens is 536 g/mol. The number of carboxylic acid groups (broad SMARTS) is 1. The molecule has 2 aliphatic heterocycles. The zero-order valence-electron chi connectivity index (χ0n) is 23.3. The van der Waals surface area contributed by atoms with Gasteiger partial charge in [-0.2, -0.15) is 4.31 Å². The molecule has 2 aliphatic rings. The van der Waals surface area contributed by atoms with Crippen LogP contribution in [0.2, 0.25) is 0 Å². The van der Waals surface area contributed by atoms with Crippen molar-refractivity contribution in [3.63, 3.8) is 0 Å². The van der Waals surface area contributed by atoms with Gasteiger partial charge in [-0.25, -0.2) is 13.2 Å². The highest BCUT2D eigenvalue weighted by atomic mass is 32.2. The molecule has 2 aromatic rings. The molecule has 2 heterocycles. The first-order valence-corrected chi connectivity index (χ1v) is 15.1. The summed E-state index contributed by atoms with van der Waals surface area (Å²) in [7, 11) is -2.49. The van der Waals surface area contributed by atoms with Crippen molar-refractivity contribution in [3.8, 4) is 5.75 Å². The van der Waals surface area contributed by atoms with Crippen LogP contribution >= 0.6 is 0 Å². The average molecular weight is 577 g/mol. The molecule has 0 bridgehead atoms. The number of hydrogen-bond acceptors (Lipinski definition) is 7. The summed E-state index contributed by atoms with van der Waals surface area (Å²) in [6, 6.07) is 14.1. The SMILES string of the molecule is COc1ccc(S(=O)(=O)N(CC(C)C)C[C@H](O)[C@H](Cc2ccccc2)N(C(=O)O)[C@H]2CCO[C@H]3COC[C@@H]32)cc1. The van der Waals surface area contributed by atoms with E-state index in [0.717, 1.165) is 5.56 Å². The second-order valence-electron chi connectivity index (χ2n) is 10.9. The van der Waals surface area contributed by atoms with Gasteiger partial charge in [-0.05, 0) is 48.6 Å². The second-order valence-corrected chi connectivity index (χ2v) is 12.8. The summed E-state index contributed by atoms with van der Waals surface area (Å²) < 4.78 is 45.4. The van der Waals surface area contributed by atoms with Crippen molar-refractivity contribution in [2.45, 2.75) is 55.9 Å². The maximum Gasteiger partial charge on any atom is 0.407 e. The highest BCUT2D eigenvalue weighted by molar-refractivity contribution is 7.89. The van der Waals surface area contributed by atoms with Crippen LogP contribution < -0.4 is 4.74 Å². The number of hydrogen-bond donors (Lipinski definition) is 2. The van der Waals surface area contributed by atoms with Gasteiger partial charge in [0, 0.05) is 31.7 Å². The predicted molar refractivity (Wildman–Crippen MR) is 149 cm³/mol. The largest absolute Gasteiger partial charge is 0.497 e. The summed E-state index contributed by atoms with van der Waals surface area (Å²) in [5.41, 5.74) is 0.845. The number of rotatable bonds is 12. The van der Waals surface area contributed by atoms with Crippen molar-refractivity contribution in [1.82, 2.24) is 9.21 Å². The Bertz CT molecular complexity index is 1210. The second kappa shape index (κ2) is 13.3. The molecule has 10 nitrogen and oxygen atoms in total. The number of sulfonamides is 1. The van der Waals surface area contributed by atoms with Crippen LogP contribution in [0.3, 0.4) is 0 Å². The van der Waals surface area contributed by atoms with E-state index in [4.69, 9.17) is 14.2 Å². The van der Waals surface area contributed by atoms with Gasteiger partial charge in [0.05, 0.1) is 43.5 Å². The Balaban J connectivity index is 1.68. The topological polar surface area (TPSA) is 126 Å². The molecule has 220 valence electrons. The molecule has 0 saturated carbocycles. The smallest absolute Gasteiger partial charge is 0.407 e. The van der Waals surface area contributed by atoms with E-state index in [2.05, 4.69) is 0 Å². The molecule has 0 spiro atoms. The number of nitrogens with zero attached hydrogens (tertiary/aromatic N) is 2. The van der Waals surface area contributed by atoms with E-state index in [1.165, 1.54) is 28.4 Å². The van der Waals surface area contributed by atoms with Gasteiger partial charge in [0.15, 0.2) is 0 Å². The Morgan fingerprint density at radius 2 is 1.77 bits per heavy atom. The van der Waals surface area contributed by atoms with Gasteiger partial charge >= 0.3 is 6.09 Å². The van der Waals surface area contributed by atoms with Gasteiger partial charge in [-0.3, -0.25) is 4.90 Å². The molecule has 2 fully saturated rings. The molecule has 0 aromatic heterocycles. The minimum atomic E-state index is -4.00. The molecule has 2 aromatic carbocycles. The number of amides is 1. The van der Waals surface area contributed by atoms with Gasteiger partial charge < -0.3 is 24.4 Å². The lowest BCUT2D eigenvalue weighted by molar-refractivity contribution is -0.0676. The molecule has 1 amide bonds. The van der Waals surface area contributed by atoms with Gasteiger partial charge in [0.25, 0.3) is 0 Å². The van der Waals surface area contributed by atoms with Crippen molar-refractivity contribution in [3.05, 3.63) is 60.2 Å². The number of aliphatic hydroxyl groups is 1. The molecule has 40 heavy (non-hydrogen) atoms. The van der Waals surface area contributed by atoms with Gasteiger partial charge in [-0.15, -0.1) is 0 Å². The molecule has 0 radical (unpaired) electrons. The summed E-state index contributed by atoms with van der Waals surface area (Å²) in [4.78, 5) is 14.3. The van der Waals surface area contributed by atoms with E-state index in [9.17, 15) is 23.4 Å². The Morgan fingerprint density at radius 3 is 2.40 bits per heavy atom. The number of methoxy groups -OCH3 is 1. The molecule has 5 atom stereocenters. The fourth-order valence-electron chi connectivity index (χ4n) is 5.69. The zero-order chi connectivity index (χ0) is 28.9. The summed E-state index contributed by atoms with van der Waals surface area (Å²) in [6.45, 7) is 4.86. The number of aliphatic hydroxyl groups excluding tert-OH is 1. The van der Waals surface area contributed by atoms with Crippen LogP contribution in [0.15, 0.2) is 59.5 Å². The maximum atomic E-state index is 13.7. The Hall–Kier alpha value is -2.70. The van der Waals surface area contributed by atoms with Gasteiger partial charge in [-0.1, -0.05) is 44.2 Å². The van der Waals surface area contributed by atoms with Crippen molar-refractivity contribution in [2.75, 3.05) is 40.0 Å². The van der Waals surface area contributed by atoms with E-state index >= 15 is 0 Å². The normalized spacial score (nSPS) is 22.6. The molecular formula is C29H40N2O8S. The highest BCUT2D eigenvalue weighted by Gasteiger charge is 2.46. The lowest BCUT2D eigenvalue weighted by Crippen LogP contribution is -2.60. The number of ether oxygens (including phenoxy) is 3. The number of fused-ring (bicyclic) bond motifs is 1. The predicted octanol–water partition coefficient (Wildman–Crippen LogP) is 3.10. The lowest BCUT2D eigenvalue weighted by atomic mass is 9.87. The Kier molecular flexibility index (Phi) is 10.1. The van der Waals surface area contributed by atoms with Crippen LogP contribution in [-0.2, 0) is 25.9 Å². The quantitative estimate of drug-likeness (QED) is 0.395. The Labute approximate surface area is 236 Å². The number of benzene rings is 2. The van der Waals surface area contributed by atoms with E-state index in [1.807, 2.05) is 44.2 Å². The van der Waals surface area contributed by atoms with Crippen molar-refractivity contribution < 1.29 is 37.6 Å². The fraction of sp³-hybridized carbons (Fsp3) is 0.552. The third-order valence-corrected chi connectivity index (χ3v) is 9.48. The Morgan fingerprint density at radius 1 is 1.07 bits per heavy atom. The van der Waals surface area contributed by atoms with Gasteiger partial charge in [0.1, 0.15) is 5.75 Å². The molecule has 2 N–H and O–H groups in total. The van der Waals surface area contributed by atoms with E-state index < -0.39 is 34.3 Å². The first kappa shape index (κ1) is 30.3. The third-order valence-electron chi connectivity index (χ3n) is 7.63. The minimum Gasteiger partial charge on any atom is -0.497 e. The van der Waals surface area contributed by atoms with Crippen molar-refractivity contribution in [1.29, 1.82) is 0 Å². The molecule has 4 rings (SSSR count). The summed E-state index contributed by atoms with van der Waals surface area (Å²) >= 11 is 0. The van der Waals surface area contributed by atoms with Crippen molar-refractivity contribution >= 4 is 16.1 Å². The summed E-state index contributed by atoms with van der Waals surface area (Å²) in [5, 5.41) is 22.2. The first-order valence-electron chi connectivity index (χ1n) is 13.7. The number of carbonyl (C=O) groups is 1. The minimum absolute atomic E-state index is 0.0322. The summed E-state index contributed by atoms with van der Waals surface area (Å²) in [6.07, 6.45) is -1.97. The fourth-order valence-corrected chi connectivity index (χ4v) is 7.31. The van der Waals surface area contributed by atoms with Crippen LogP contribution in [0.1, 0.15) is 25.8 Å². The zero-order valence-corrected chi connectivity index (χ0v) is 24.1. The molecule has 0 aliphatic carbocycles. The van der Waals surface area contributed by atoms with E-state index in [0.29, 0.717) is 32.0 Å². The highest BCUT2D eigenvalue weighted by Crippen LogP contribution is 2.33. The molecule has 2 saturated heterocycles. The van der Waals surface area contributed by atoms with Crippen LogP contribution in [0.25, 0.3) is 0 Å². The van der Waals surface area contributed by atoms with Crippen LogP contribution in [-0.4, -0.2) is 98.2 Å². The van der Waals surface area contributed by atoms with Crippen LogP contribution in [0.4, 0.5) is 4.79 Å². The summed E-state index contributed by atoms with van der Waals surface area (Å²) in [5.74, 6) is 0.334. The van der Waals surface area contributed by atoms with E-state index in [-0.39, 0.29) is 42.3 Å². The molecule has 0 unspecified atom stereocenters. The van der Waals surface area contributed by atoms with Crippen LogP contribution in [0, 0.1) is 11.8 Å². The lowest BCUT2D eigenvalue weighted by Gasteiger charge is -2.44. The van der Waals surface area contributed by atoms with Crippen molar-refractivity contribution in [2.24, 2.45) is 11.8 Å². The maximum absolute atomic E-state index is 13.7.